The molecule has 0 amide bonds. The van der Waals surface area contributed by atoms with E-state index in [1.807, 2.05) is 22.8 Å². The first-order valence-electron chi connectivity index (χ1n) is 8.38. The molecule has 0 spiro atoms. The van der Waals surface area contributed by atoms with Gasteiger partial charge in [-0.2, -0.15) is 4.98 Å². The third-order valence-electron chi connectivity index (χ3n) is 4.52. The number of aryl methyl sites for hydroxylation is 1. The van der Waals surface area contributed by atoms with Crippen LogP contribution in [0.4, 0.5) is 0 Å². The van der Waals surface area contributed by atoms with Crippen molar-refractivity contribution in [2.45, 2.75) is 45.6 Å². The van der Waals surface area contributed by atoms with Crippen LogP contribution in [-0.4, -0.2) is 34.1 Å². The van der Waals surface area contributed by atoms with E-state index in [1.165, 1.54) is 25.9 Å². The molecule has 1 fully saturated rings. The number of aromatic nitrogens is 2. The predicted molar refractivity (Wildman–Crippen MR) is 90.4 cm³/mol. The summed E-state index contributed by atoms with van der Waals surface area (Å²) in [5.41, 5.74) is 1.83. The summed E-state index contributed by atoms with van der Waals surface area (Å²) in [4.78, 5) is 19.3. The Morgan fingerprint density at radius 1 is 1.14 bits per heavy atom. The first-order chi connectivity index (χ1) is 10.7. The van der Waals surface area contributed by atoms with E-state index in [2.05, 4.69) is 29.8 Å². The second-order valence-electron chi connectivity index (χ2n) is 6.51. The van der Waals surface area contributed by atoms with Crippen LogP contribution in [0.15, 0.2) is 29.1 Å². The number of para-hydroxylation sites is 1. The van der Waals surface area contributed by atoms with Crippen molar-refractivity contribution in [2.75, 3.05) is 19.6 Å². The van der Waals surface area contributed by atoms with Crippen LogP contribution in [0.5, 0.6) is 0 Å². The molecule has 0 unspecified atom stereocenters. The van der Waals surface area contributed by atoms with Gasteiger partial charge in [0.25, 0.3) is 0 Å². The average molecular weight is 299 g/mol. The number of benzene rings is 1. The van der Waals surface area contributed by atoms with Crippen molar-refractivity contribution in [1.29, 1.82) is 0 Å². The Kier molecular flexibility index (Phi) is 4.57. The Balaban J connectivity index is 1.87. The zero-order chi connectivity index (χ0) is 15.5. The van der Waals surface area contributed by atoms with Crippen molar-refractivity contribution in [3.63, 3.8) is 0 Å². The molecule has 22 heavy (non-hydrogen) atoms. The third-order valence-corrected chi connectivity index (χ3v) is 4.52. The molecular weight excluding hydrogens is 274 g/mol. The van der Waals surface area contributed by atoms with Crippen molar-refractivity contribution in [3.8, 4) is 0 Å². The lowest BCUT2D eigenvalue weighted by molar-refractivity contribution is 0.325. The van der Waals surface area contributed by atoms with Crippen LogP contribution in [-0.2, 0) is 6.54 Å². The van der Waals surface area contributed by atoms with E-state index in [0.29, 0.717) is 0 Å². The first-order valence-corrected chi connectivity index (χ1v) is 8.38. The van der Waals surface area contributed by atoms with Gasteiger partial charge < -0.3 is 4.90 Å². The van der Waals surface area contributed by atoms with Gasteiger partial charge in [-0.1, -0.05) is 32.0 Å². The Morgan fingerprint density at radius 3 is 2.59 bits per heavy atom. The smallest absolute Gasteiger partial charge is 0.303 e. The summed E-state index contributed by atoms with van der Waals surface area (Å²) in [5.74, 6) is 0.261. The van der Waals surface area contributed by atoms with Crippen molar-refractivity contribution >= 4 is 10.9 Å². The van der Waals surface area contributed by atoms with E-state index in [1.54, 1.807) is 0 Å². The standard InChI is InChI=1S/C18H25N3O/c1-14(2)17-15-8-3-4-9-16(15)21(18(22)19-17)13-7-12-20-10-5-6-11-20/h3-4,8-9,14H,5-7,10-13H2,1-2H3. The molecule has 4 heteroatoms. The summed E-state index contributed by atoms with van der Waals surface area (Å²) in [7, 11) is 0. The minimum Gasteiger partial charge on any atom is -0.303 e. The molecule has 0 atom stereocenters. The fourth-order valence-corrected chi connectivity index (χ4v) is 3.37. The van der Waals surface area contributed by atoms with Crippen LogP contribution in [0, 0.1) is 0 Å². The first kappa shape index (κ1) is 15.2. The Bertz CT molecular complexity index is 699. The Morgan fingerprint density at radius 2 is 1.86 bits per heavy atom. The van der Waals surface area contributed by atoms with Crippen LogP contribution in [0.2, 0.25) is 0 Å². The average Bonchev–Trinajstić information content (AvgIpc) is 3.02. The molecule has 0 saturated carbocycles. The Hall–Kier alpha value is -1.68. The van der Waals surface area contributed by atoms with E-state index < -0.39 is 0 Å². The maximum atomic E-state index is 12.4. The molecule has 0 aliphatic carbocycles. The maximum absolute atomic E-state index is 12.4. The lowest BCUT2D eigenvalue weighted by atomic mass is 10.0. The zero-order valence-corrected chi connectivity index (χ0v) is 13.6. The molecule has 1 aliphatic rings. The summed E-state index contributed by atoms with van der Waals surface area (Å²) in [5, 5.41) is 1.11. The van der Waals surface area contributed by atoms with Gasteiger partial charge in [-0.3, -0.25) is 4.57 Å². The van der Waals surface area contributed by atoms with Gasteiger partial charge in [0.15, 0.2) is 0 Å². The molecule has 3 rings (SSSR count). The van der Waals surface area contributed by atoms with Crippen molar-refractivity contribution in [2.24, 2.45) is 0 Å². The van der Waals surface area contributed by atoms with Crippen LogP contribution >= 0.6 is 0 Å². The second kappa shape index (κ2) is 6.61. The minimum absolute atomic E-state index is 0.108. The topological polar surface area (TPSA) is 38.1 Å². The van der Waals surface area contributed by atoms with Crippen molar-refractivity contribution in [3.05, 3.63) is 40.4 Å². The van der Waals surface area contributed by atoms with Gasteiger partial charge in [-0.25, -0.2) is 4.79 Å². The van der Waals surface area contributed by atoms with Gasteiger partial charge in [0, 0.05) is 11.9 Å². The molecule has 2 aromatic rings. The second-order valence-corrected chi connectivity index (χ2v) is 6.51. The molecule has 1 aromatic carbocycles. The highest BCUT2D eigenvalue weighted by atomic mass is 16.1. The lowest BCUT2D eigenvalue weighted by Crippen LogP contribution is -2.28. The number of rotatable bonds is 5. The van der Waals surface area contributed by atoms with Crippen molar-refractivity contribution in [1.82, 2.24) is 14.5 Å². The van der Waals surface area contributed by atoms with E-state index in [0.717, 1.165) is 36.1 Å². The van der Waals surface area contributed by atoms with E-state index >= 15 is 0 Å². The molecule has 1 aliphatic heterocycles. The summed E-state index contributed by atoms with van der Waals surface area (Å²) >= 11 is 0. The van der Waals surface area contributed by atoms with Crippen LogP contribution in [0.1, 0.15) is 44.7 Å². The van der Waals surface area contributed by atoms with Crippen LogP contribution in [0.25, 0.3) is 10.9 Å². The molecule has 2 heterocycles. The molecular formula is C18H25N3O. The number of hydrogen-bond donors (Lipinski definition) is 0. The lowest BCUT2D eigenvalue weighted by Gasteiger charge is -2.17. The van der Waals surface area contributed by atoms with E-state index in [9.17, 15) is 4.79 Å². The largest absolute Gasteiger partial charge is 0.348 e. The molecule has 4 nitrogen and oxygen atoms in total. The number of hydrogen-bond acceptors (Lipinski definition) is 3. The highest BCUT2D eigenvalue weighted by Gasteiger charge is 2.14. The predicted octanol–water partition coefficient (Wildman–Crippen LogP) is 3.01. The van der Waals surface area contributed by atoms with Crippen LogP contribution < -0.4 is 5.69 Å². The van der Waals surface area contributed by atoms with Gasteiger partial charge in [0.1, 0.15) is 0 Å². The highest BCUT2D eigenvalue weighted by molar-refractivity contribution is 5.81. The van der Waals surface area contributed by atoms with Gasteiger partial charge in [0.05, 0.1) is 11.2 Å². The number of fused-ring (bicyclic) bond motifs is 1. The van der Waals surface area contributed by atoms with Gasteiger partial charge in [-0.15, -0.1) is 0 Å². The normalized spacial score (nSPS) is 16.0. The summed E-state index contributed by atoms with van der Waals surface area (Å²) < 4.78 is 1.84. The molecule has 1 saturated heterocycles. The molecule has 0 N–H and O–H groups in total. The van der Waals surface area contributed by atoms with Gasteiger partial charge >= 0.3 is 5.69 Å². The maximum Gasteiger partial charge on any atom is 0.348 e. The number of likely N-dealkylation sites (tertiary alicyclic amines) is 1. The van der Waals surface area contributed by atoms with Crippen LogP contribution in [0.3, 0.4) is 0 Å². The summed E-state index contributed by atoms with van der Waals surface area (Å²) in [6.45, 7) is 8.42. The summed E-state index contributed by atoms with van der Waals surface area (Å²) in [6, 6.07) is 8.14. The zero-order valence-electron chi connectivity index (χ0n) is 13.6. The molecule has 0 bridgehead atoms. The van der Waals surface area contributed by atoms with E-state index in [-0.39, 0.29) is 11.6 Å². The fraction of sp³-hybridized carbons (Fsp3) is 0.556. The minimum atomic E-state index is -0.108. The quantitative estimate of drug-likeness (QED) is 0.852. The SMILES string of the molecule is CC(C)c1nc(=O)n(CCCN2CCCC2)c2ccccc12. The summed E-state index contributed by atoms with van der Waals surface area (Å²) in [6.07, 6.45) is 3.63. The van der Waals surface area contributed by atoms with Crippen molar-refractivity contribution < 1.29 is 0 Å². The molecule has 1 aromatic heterocycles. The number of nitrogens with zero attached hydrogens (tertiary/aromatic N) is 3. The third kappa shape index (κ3) is 3.07. The molecule has 0 radical (unpaired) electrons. The monoisotopic (exact) mass is 299 g/mol. The Labute approximate surface area is 131 Å². The van der Waals surface area contributed by atoms with Gasteiger partial charge in [-0.05, 0) is 50.9 Å². The molecule has 118 valence electrons. The van der Waals surface area contributed by atoms with Gasteiger partial charge in [0.2, 0.25) is 0 Å². The van der Waals surface area contributed by atoms with E-state index in [4.69, 9.17) is 0 Å². The fourth-order valence-electron chi connectivity index (χ4n) is 3.37. The highest BCUT2D eigenvalue weighted by Crippen LogP contribution is 2.21.